The maximum atomic E-state index is 7.08. The maximum Gasteiger partial charge on any atom is 0.207 e. The fourth-order valence-corrected chi connectivity index (χ4v) is 5.78. The molecule has 0 bridgehead atoms. The van der Waals surface area contributed by atoms with Gasteiger partial charge in [0.2, 0.25) is 5.71 Å². The smallest absolute Gasteiger partial charge is 0.207 e. The van der Waals surface area contributed by atoms with Crippen LogP contribution in [-0.2, 0) is 9.47 Å². The van der Waals surface area contributed by atoms with Gasteiger partial charge in [-0.25, -0.2) is 4.58 Å². The van der Waals surface area contributed by atoms with Gasteiger partial charge < -0.3 is 23.8 Å². The summed E-state index contributed by atoms with van der Waals surface area (Å²) < 4.78 is 24.4. The second-order valence-corrected chi connectivity index (χ2v) is 10.7. The predicted octanol–water partition coefficient (Wildman–Crippen LogP) is 6.07. The Balaban J connectivity index is 1.45. The molecule has 0 unspecified atom stereocenters. The predicted molar refractivity (Wildman–Crippen MR) is 165 cm³/mol. The first kappa shape index (κ1) is 29.2. The van der Waals surface area contributed by atoms with Crippen molar-refractivity contribution < 1.29 is 23.5 Å². The molecule has 2 aromatic rings. The van der Waals surface area contributed by atoms with E-state index in [0.29, 0.717) is 0 Å². The highest BCUT2D eigenvalue weighted by Crippen LogP contribution is 2.34. The van der Waals surface area contributed by atoms with Gasteiger partial charge in [-0.2, -0.15) is 0 Å². The van der Waals surface area contributed by atoms with Gasteiger partial charge in [0.1, 0.15) is 24.7 Å². The van der Waals surface area contributed by atoms with E-state index in [-0.39, 0.29) is 0 Å². The van der Waals surface area contributed by atoms with E-state index in [9.17, 15) is 0 Å². The fourth-order valence-electron chi connectivity index (χ4n) is 5.47. The molecule has 2 heterocycles. The number of allylic oxidation sites excluding steroid dienone is 7. The molecule has 0 saturated carbocycles. The fraction of sp³-hybridized carbons (Fsp3) is 0.382. The van der Waals surface area contributed by atoms with Crippen molar-refractivity contribution in [3.8, 4) is 11.5 Å². The molecule has 1 aliphatic carbocycles. The van der Waals surface area contributed by atoms with Crippen molar-refractivity contribution in [2.45, 2.75) is 19.3 Å². The van der Waals surface area contributed by atoms with Crippen molar-refractivity contribution in [1.82, 2.24) is 4.90 Å². The average Bonchev–Trinajstić information content (AvgIpc) is 3.04. The van der Waals surface area contributed by atoms with Crippen molar-refractivity contribution in [3.05, 3.63) is 100 Å². The van der Waals surface area contributed by atoms with Crippen LogP contribution in [-0.4, -0.2) is 82.0 Å². The van der Waals surface area contributed by atoms with Gasteiger partial charge in [0.25, 0.3) is 0 Å². The molecular weight excluding hydrogens is 536 g/mol. The van der Waals surface area contributed by atoms with Crippen LogP contribution < -0.4 is 9.47 Å². The van der Waals surface area contributed by atoms with Crippen molar-refractivity contribution in [3.63, 3.8) is 0 Å². The molecule has 7 heteroatoms. The Morgan fingerprint density at radius 1 is 0.829 bits per heavy atom. The van der Waals surface area contributed by atoms with Crippen LogP contribution in [0.4, 0.5) is 0 Å². The molecule has 216 valence electrons. The van der Waals surface area contributed by atoms with E-state index in [1.54, 1.807) is 14.2 Å². The van der Waals surface area contributed by atoms with Gasteiger partial charge in [-0.05, 0) is 90.6 Å². The minimum absolute atomic E-state index is 0.732. The van der Waals surface area contributed by atoms with E-state index in [4.69, 9.17) is 30.5 Å². The van der Waals surface area contributed by atoms with Crippen molar-refractivity contribution >= 4 is 23.0 Å². The standard InChI is InChI=1S/C34H40ClN2O4/c1-38-30-12-6-26(7-13-30)32(36-18-22-40-23-19-36)16-10-28-4-3-5-29(34(28)35)11-17-33(37-20-24-41-25-21-37)27-8-14-31(39-2)15-9-27/h6-17H,3-5,18-25H2,1-2H3/q+1. The summed E-state index contributed by atoms with van der Waals surface area (Å²) in [5, 5.41) is 0.857. The largest absolute Gasteiger partial charge is 0.497 e. The number of rotatable bonds is 8. The Morgan fingerprint density at radius 2 is 1.44 bits per heavy atom. The number of halogens is 1. The molecule has 2 aliphatic heterocycles. The molecule has 41 heavy (non-hydrogen) atoms. The SMILES string of the molecule is COc1ccc(C(/C=C/C2=C(Cl)C(=C/C=C(\c3ccc(OC)cc3)N3CCOCC3)/CCC2)=[N+]2CCOCC2)cc1. The monoisotopic (exact) mass is 575 g/mol. The summed E-state index contributed by atoms with van der Waals surface area (Å²) in [6, 6.07) is 16.5. The lowest BCUT2D eigenvalue weighted by molar-refractivity contribution is -0.548. The molecule has 2 saturated heterocycles. The molecule has 0 aromatic heterocycles. The van der Waals surface area contributed by atoms with Crippen LogP contribution in [0.2, 0.25) is 0 Å². The zero-order chi connectivity index (χ0) is 28.4. The first-order valence-electron chi connectivity index (χ1n) is 14.5. The topological polar surface area (TPSA) is 43.2 Å². The zero-order valence-electron chi connectivity index (χ0n) is 24.1. The highest BCUT2D eigenvalue weighted by atomic mass is 35.5. The van der Waals surface area contributed by atoms with Gasteiger partial charge in [0.15, 0.2) is 13.1 Å². The van der Waals surface area contributed by atoms with Gasteiger partial charge in [0.05, 0.1) is 27.4 Å². The summed E-state index contributed by atoms with van der Waals surface area (Å²) in [5.41, 5.74) is 7.02. The van der Waals surface area contributed by atoms with Crippen molar-refractivity contribution in [2.75, 3.05) is 66.8 Å². The van der Waals surface area contributed by atoms with Gasteiger partial charge in [0, 0.05) is 35.5 Å². The third-order valence-corrected chi connectivity index (χ3v) is 8.30. The third kappa shape index (κ3) is 7.50. The van der Waals surface area contributed by atoms with E-state index in [1.165, 1.54) is 22.6 Å². The molecule has 2 aromatic carbocycles. The molecule has 6 nitrogen and oxygen atoms in total. The lowest BCUT2D eigenvalue weighted by atomic mass is 9.93. The van der Waals surface area contributed by atoms with Crippen LogP contribution >= 0.6 is 11.6 Å². The number of ether oxygens (including phenoxy) is 4. The second kappa shape index (κ2) is 14.5. The Bertz CT molecular complexity index is 1330. The molecule has 0 amide bonds. The summed E-state index contributed by atoms with van der Waals surface area (Å²) in [7, 11) is 3.39. The Labute approximate surface area is 248 Å². The van der Waals surface area contributed by atoms with Gasteiger partial charge in [-0.15, -0.1) is 0 Å². The number of nitrogens with zero attached hydrogens (tertiary/aromatic N) is 2. The van der Waals surface area contributed by atoms with Gasteiger partial charge in [-0.1, -0.05) is 23.8 Å². The third-order valence-electron chi connectivity index (χ3n) is 7.82. The Hall–Kier alpha value is -3.32. The van der Waals surface area contributed by atoms with Crippen LogP contribution in [0, 0.1) is 0 Å². The molecule has 2 fully saturated rings. The highest BCUT2D eigenvalue weighted by molar-refractivity contribution is 6.32. The summed E-state index contributed by atoms with van der Waals surface area (Å²) in [6.07, 6.45) is 11.9. The number of morpholine rings is 2. The van der Waals surface area contributed by atoms with E-state index >= 15 is 0 Å². The first-order chi connectivity index (χ1) is 20.2. The molecular formula is C34H40ClN2O4+. The van der Waals surface area contributed by atoms with E-state index in [1.807, 2.05) is 24.3 Å². The maximum absolute atomic E-state index is 7.08. The summed E-state index contributed by atoms with van der Waals surface area (Å²) in [5.74, 6) is 1.71. The quantitative estimate of drug-likeness (QED) is 0.358. The lowest BCUT2D eigenvalue weighted by Gasteiger charge is -2.31. The first-order valence-corrected chi connectivity index (χ1v) is 14.8. The second-order valence-electron chi connectivity index (χ2n) is 10.3. The minimum Gasteiger partial charge on any atom is -0.497 e. The van der Waals surface area contributed by atoms with Crippen LogP contribution in [0.25, 0.3) is 5.70 Å². The zero-order valence-corrected chi connectivity index (χ0v) is 24.9. The van der Waals surface area contributed by atoms with Crippen molar-refractivity contribution in [1.29, 1.82) is 0 Å². The number of methoxy groups -OCH3 is 2. The number of benzene rings is 2. The molecule has 3 aliphatic rings. The van der Waals surface area contributed by atoms with Crippen LogP contribution in [0.1, 0.15) is 30.4 Å². The minimum atomic E-state index is 0.732. The number of hydrogen-bond acceptors (Lipinski definition) is 5. The molecule has 0 N–H and O–H groups in total. The normalized spacial score (nSPS) is 19.7. The summed E-state index contributed by atoms with van der Waals surface area (Å²) >= 11 is 7.08. The van der Waals surface area contributed by atoms with Crippen LogP contribution in [0.3, 0.4) is 0 Å². The summed E-state index contributed by atoms with van der Waals surface area (Å²) in [6.45, 7) is 6.39. The van der Waals surface area contributed by atoms with Crippen LogP contribution in [0.5, 0.6) is 11.5 Å². The van der Waals surface area contributed by atoms with Gasteiger partial charge >= 0.3 is 0 Å². The molecule has 0 spiro atoms. The van der Waals surface area contributed by atoms with Crippen molar-refractivity contribution in [2.24, 2.45) is 0 Å². The Morgan fingerprint density at radius 3 is 2.07 bits per heavy atom. The number of hydrogen-bond donors (Lipinski definition) is 0. The Kier molecular flexibility index (Phi) is 10.3. The van der Waals surface area contributed by atoms with Crippen LogP contribution in [0.15, 0.2) is 89.0 Å². The van der Waals surface area contributed by atoms with E-state index in [0.717, 1.165) is 99.5 Å². The molecule has 0 radical (unpaired) electrons. The van der Waals surface area contributed by atoms with E-state index < -0.39 is 0 Å². The van der Waals surface area contributed by atoms with Gasteiger partial charge in [-0.3, -0.25) is 0 Å². The van der Waals surface area contributed by atoms with E-state index in [2.05, 4.69) is 58.0 Å². The lowest BCUT2D eigenvalue weighted by Crippen LogP contribution is -2.34. The highest BCUT2D eigenvalue weighted by Gasteiger charge is 2.20. The molecule has 0 atom stereocenters. The molecule has 5 rings (SSSR count). The summed E-state index contributed by atoms with van der Waals surface area (Å²) in [4.78, 5) is 2.39. The average molecular weight is 576 g/mol.